The molecule has 1 heterocycles. The van der Waals surface area contributed by atoms with Crippen LogP contribution < -0.4 is 4.74 Å². The minimum atomic E-state index is -0.731. The average Bonchev–Trinajstić information content (AvgIpc) is 2.55. The largest absolute Gasteiger partial charge is 0.496 e. The van der Waals surface area contributed by atoms with E-state index in [4.69, 9.17) is 32.7 Å². The van der Waals surface area contributed by atoms with Crippen LogP contribution in [0.25, 0.3) is 0 Å². The van der Waals surface area contributed by atoms with E-state index in [0.29, 0.717) is 47.3 Å². The third-order valence-corrected chi connectivity index (χ3v) is 4.95. The topological polar surface area (TPSA) is 59.0 Å². The lowest BCUT2D eigenvalue weighted by Crippen LogP contribution is -2.42. The van der Waals surface area contributed by atoms with Gasteiger partial charge in [-0.1, -0.05) is 23.2 Å². The lowest BCUT2D eigenvalue weighted by atomic mass is 9.87. The lowest BCUT2D eigenvalue weighted by Gasteiger charge is -2.35. The third-order valence-electron chi connectivity index (χ3n) is 4.23. The van der Waals surface area contributed by atoms with Crippen LogP contribution in [0.15, 0.2) is 12.1 Å². The number of benzene rings is 1. The number of ether oxygens (including phenoxy) is 2. The zero-order valence-electron chi connectivity index (χ0n) is 15.0. The van der Waals surface area contributed by atoms with Gasteiger partial charge in [-0.3, -0.25) is 0 Å². The smallest absolute Gasteiger partial charge is 0.410 e. The van der Waals surface area contributed by atoms with Gasteiger partial charge in [-0.15, -0.1) is 0 Å². The molecule has 1 aromatic rings. The summed E-state index contributed by atoms with van der Waals surface area (Å²) in [4.78, 5) is 13.8. The van der Waals surface area contributed by atoms with Crippen molar-refractivity contribution in [1.29, 1.82) is 0 Å². The monoisotopic (exact) mass is 389 g/mol. The number of nitrogens with zero attached hydrogens (tertiary/aromatic N) is 1. The fraction of sp³-hybridized carbons (Fsp3) is 0.611. The standard InChI is InChI=1S/C18H25Cl2NO4/c1-18(2,3)25-17(23)21-7-5-11(6-8-21)16(22)12-9-13(19)14(20)10-15(12)24-4/h9-11,16,22H,5-8H2,1-4H3. The van der Waals surface area contributed by atoms with Crippen LogP contribution in [0, 0.1) is 5.92 Å². The maximum absolute atomic E-state index is 12.1. The van der Waals surface area contributed by atoms with Crippen LogP contribution >= 0.6 is 23.2 Å². The molecule has 7 heteroatoms. The van der Waals surface area contributed by atoms with E-state index in [1.807, 2.05) is 20.8 Å². The van der Waals surface area contributed by atoms with Gasteiger partial charge in [-0.2, -0.15) is 0 Å². The highest BCUT2D eigenvalue weighted by atomic mass is 35.5. The number of rotatable bonds is 3. The molecule has 1 aliphatic rings. The molecule has 1 atom stereocenters. The van der Waals surface area contributed by atoms with Crippen molar-refractivity contribution in [2.45, 2.75) is 45.3 Å². The highest BCUT2D eigenvalue weighted by Gasteiger charge is 2.32. The van der Waals surface area contributed by atoms with Gasteiger partial charge in [0.1, 0.15) is 11.4 Å². The fourth-order valence-electron chi connectivity index (χ4n) is 2.93. The van der Waals surface area contributed by atoms with Crippen LogP contribution in [0.5, 0.6) is 5.75 Å². The molecule has 0 aliphatic carbocycles. The summed E-state index contributed by atoms with van der Waals surface area (Å²) in [6.07, 6.45) is 0.297. The highest BCUT2D eigenvalue weighted by Crippen LogP contribution is 2.39. The van der Waals surface area contributed by atoms with E-state index in [1.165, 1.54) is 7.11 Å². The summed E-state index contributed by atoms with van der Waals surface area (Å²) in [6, 6.07) is 3.26. The number of hydrogen-bond donors (Lipinski definition) is 1. The summed E-state index contributed by atoms with van der Waals surface area (Å²) in [6.45, 7) is 6.62. The van der Waals surface area contributed by atoms with Gasteiger partial charge >= 0.3 is 6.09 Å². The molecule has 1 fully saturated rings. The zero-order chi connectivity index (χ0) is 18.8. The summed E-state index contributed by atoms with van der Waals surface area (Å²) in [5.74, 6) is 0.515. The van der Waals surface area contributed by atoms with Gasteiger partial charge in [-0.05, 0) is 45.6 Å². The van der Waals surface area contributed by atoms with E-state index in [-0.39, 0.29) is 12.0 Å². The van der Waals surface area contributed by atoms with E-state index in [0.717, 1.165) is 0 Å². The number of carbonyl (C=O) groups excluding carboxylic acids is 1. The van der Waals surface area contributed by atoms with Crippen molar-refractivity contribution < 1.29 is 19.4 Å². The lowest BCUT2D eigenvalue weighted by molar-refractivity contribution is 0.00738. The van der Waals surface area contributed by atoms with Crippen LogP contribution in [-0.2, 0) is 4.74 Å². The number of methoxy groups -OCH3 is 1. The molecule has 1 aliphatic heterocycles. The van der Waals surface area contributed by atoms with E-state index in [2.05, 4.69) is 0 Å². The summed E-state index contributed by atoms with van der Waals surface area (Å²) < 4.78 is 10.7. The van der Waals surface area contributed by atoms with E-state index in [1.54, 1.807) is 17.0 Å². The molecule has 5 nitrogen and oxygen atoms in total. The Morgan fingerprint density at radius 3 is 2.32 bits per heavy atom. The Morgan fingerprint density at radius 1 is 1.24 bits per heavy atom. The molecule has 140 valence electrons. The Hall–Kier alpha value is -1.17. The van der Waals surface area contributed by atoms with Crippen LogP contribution in [0.2, 0.25) is 10.0 Å². The molecule has 25 heavy (non-hydrogen) atoms. The minimum Gasteiger partial charge on any atom is -0.496 e. The number of halogens is 2. The molecule has 0 spiro atoms. The Kier molecular flexibility index (Phi) is 6.46. The predicted octanol–water partition coefficient (Wildman–Crippen LogP) is 4.68. The van der Waals surface area contributed by atoms with Crippen molar-refractivity contribution in [1.82, 2.24) is 4.90 Å². The van der Waals surface area contributed by atoms with Gasteiger partial charge in [0.25, 0.3) is 0 Å². The van der Waals surface area contributed by atoms with E-state index >= 15 is 0 Å². The Balaban J connectivity index is 2.03. The first kappa shape index (κ1) is 20.1. The SMILES string of the molecule is COc1cc(Cl)c(Cl)cc1C(O)C1CCN(C(=O)OC(C)(C)C)CC1. The summed E-state index contributed by atoms with van der Waals surface area (Å²) in [5.41, 5.74) is 0.105. The number of hydrogen-bond acceptors (Lipinski definition) is 4. The molecule has 0 radical (unpaired) electrons. The van der Waals surface area contributed by atoms with Gasteiger partial charge < -0.3 is 19.5 Å². The molecule has 1 saturated heterocycles. The second kappa shape index (κ2) is 8.02. The van der Waals surface area contributed by atoms with Crippen molar-refractivity contribution in [2.75, 3.05) is 20.2 Å². The molecule has 1 unspecified atom stereocenters. The van der Waals surface area contributed by atoms with Gasteiger partial charge in [0.2, 0.25) is 0 Å². The average molecular weight is 390 g/mol. The van der Waals surface area contributed by atoms with Crippen LogP contribution in [0.3, 0.4) is 0 Å². The summed E-state index contributed by atoms with van der Waals surface area (Å²) in [7, 11) is 1.53. The normalized spacial score (nSPS) is 17.3. The van der Waals surface area contributed by atoms with Gasteiger partial charge in [0.15, 0.2) is 0 Å². The first-order valence-electron chi connectivity index (χ1n) is 8.31. The molecule has 2 rings (SSSR count). The van der Waals surface area contributed by atoms with Gasteiger partial charge in [0, 0.05) is 24.7 Å². The first-order valence-corrected chi connectivity index (χ1v) is 9.07. The van der Waals surface area contributed by atoms with Crippen molar-refractivity contribution in [3.05, 3.63) is 27.7 Å². The number of carbonyl (C=O) groups is 1. The molecular formula is C18H25Cl2NO4. The van der Waals surface area contributed by atoms with Gasteiger partial charge in [0.05, 0.1) is 23.3 Å². The quantitative estimate of drug-likeness (QED) is 0.814. The number of aliphatic hydroxyl groups excluding tert-OH is 1. The predicted molar refractivity (Wildman–Crippen MR) is 98.5 cm³/mol. The first-order chi connectivity index (χ1) is 11.6. The fourth-order valence-corrected chi connectivity index (χ4v) is 3.26. The Labute approximate surface area is 158 Å². The van der Waals surface area contributed by atoms with E-state index in [9.17, 15) is 9.90 Å². The van der Waals surface area contributed by atoms with Crippen molar-refractivity contribution >= 4 is 29.3 Å². The van der Waals surface area contributed by atoms with Gasteiger partial charge in [-0.25, -0.2) is 4.79 Å². The van der Waals surface area contributed by atoms with E-state index < -0.39 is 11.7 Å². The molecule has 1 amide bonds. The summed E-state index contributed by atoms with van der Waals surface area (Å²) >= 11 is 12.1. The molecule has 0 aromatic heterocycles. The van der Waals surface area contributed by atoms with Crippen LogP contribution in [0.4, 0.5) is 4.79 Å². The molecular weight excluding hydrogens is 365 g/mol. The third kappa shape index (κ3) is 5.16. The minimum absolute atomic E-state index is 0.00447. The van der Waals surface area contributed by atoms with Crippen molar-refractivity contribution in [3.8, 4) is 5.75 Å². The van der Waals surface area contributed by atoms with Crippen LogP contribution in [-0.4, -0.2) is 41.9 Å². The Morgan fingerprint density at radius 2 is 1.80 bits per heavy atom. The maximum atomic E-state index is 12.1. The van der Waals surface area contributed by atoms with Crippen LogP contribution in [0.1, 0.15) is 45.3 Å². The summed E-state index contributed by atoms with van der Waals surface area (Å²) in [5, 5.41) is 11.5. The number of aliphatic hydroxyl groups is 1. The highest BCUT2D eigenvalue weighted by molar-refractivity contribution is 6.42. The molecule has 1 aromatic carbocycles. The maximum Gasteiger partial charge on any atom is 0.410 e. The Bertz CT molecular complexity index is 622. The zero-order valence-corrected chi connectivity index (χ0v) is 16.5. The second-order valence-electron chi connectivity index (χ2n) is 7.26. The number of piperidine rings is 1. The molecule has 0 bridgehead atoms. The number of amides is 1. The number of likely N-dealkylation sites (tertiary alicyclic amines) is 1. The second-order valence-corrected chi connectivity index (χ2v) is 8.07. The van der Waals surface area contributed by atoms with Crippen molar-refractivity contribution in [2.24, 2.45) is 5.92 Å². The van der Waals surface area contributed by atoms with Crippen molar-refractivity contribution in [3.63, 3.8) is 0 Å². The molecule has 1 N–H and O–H groups in total. The molecule has 0 saturated carbocycles.